The normalized spacial score (nSPS) is 10.8. The van der Waals surface area contributed by atoms with Gasteiger partial charge in [0.25, 0.3) is 5.22 Å². The van der Waals surface area contributed by atoms with E-state index in [2.05, 4.69) is 15.0 Å². The van der Waals surface area contributed by atoms with E-state index in [0.717, 1.165) is 17.1 Å². The van der Waals surface area contributed by atoms with Crippen molar-refractivity contribution in [2.75, 3.05) is 5.73 Å². The number of hydrogen-bond acceptors (Lipinski definition) is 6. The molecule has 0 saturated carbocycles. The lowest BCUT2D eigenvalue weighted by molar-refractivity contribution is 0.431. The Hall–Kier alpha value is -1.56. The van der Waals surface area contributed by atoms with Gasteiger partial charge in [-0.1, -0.05) is 11.8 Å². The highest BCUT2D eigenvalue weighted by Gasteiger charge is 2.08. The van der Waals surface area contributed by atoms with Gasteiger partial charge in [-0.25, -0.2) is 15.0 Å². The van der Waals surface area contributed by atoms with Gasteiger partial charge in [-0.15, -0.1) is 0 Å². The number of anilines is 1. The molecule has 0 bridgehead atoms. The highest BCUT2D eigenvalue weighted by Crippen LogP contribution is 2.23. The van der Waals surface area contributed by atoms with Gasteiger partial charge in [0.05, 0.1) is 11.4 Å². The molecule has 0 spiro atoms. The number of aromatic nitrogens is 3. The molecule has 0 fully saturated rings. The molecule has 0 saturated heterocycles. The highest BCUT2D eigenvalue weighted by atomic mass is 32.2. The third kappa shape index (κ3) is 2.97. The smallest absolute Gasteiger partial charge is 0.256 e. The summed E-state index contributed by atoms with van der Waals surface area (Å²) in [5.41, 5.74) is 7.44. The molecule has 0 radical (unpaired) electrons. The van der Waals surface area contributed by atoms with Crippen LogP contribution >= 0.6 is 11.8 Å². The largest absolute Gasteiger partial charge is 0.437 e. The third-order valence-corrected chi connectivity index (χ3v) is 3.08. The summed E-state index contributed by atoms with van der Waals surface area (Å²) in [6, 6.07) is 1.74. The third-order valence-electron chi connectivity index (χ3n) is 2.25. The molecule has 0 atom stereocenters. The van der Waals surface area contributed by atoms with Crippen LogP contribution in [0.3, 0.4) is 0 Å². The zero-order valence-electron chi connectivity index (χ0n) is 10.0. The molecule has 0 unspecified atom stereocenters. The van der Waals surface area contributed by atoms with E-state index in [4.69, 9.17) is 10.2 Å². The van der Waals surface area contributed by atoms with Gasteiger partial charge in [0, 0.05) is 11.8 Å². The Labute approximate surface area is 104 Å². The maximum Gasteiger partial charge on any atom is 0.256 e. The van der Waals surface area contributed by atoms with Gasteiger partial charge < -0.3 is 10.2 Å². The summed E-state index contributed by atoms with van der Waals surface area (Å²) >= 11 is 1.47. The van der Waals surface area contributed by atoms with Gasteiger partial charge in [-0.05, 0) is 20.8 Å². The second-order valence-corrected chi connectivity index (χ2v) is 4.69. The highest BCUT2D eigenvalue weighted by molar-refractivity contribution is 7.98. The van der Waals surface area contributed by atoms with Crippen molar-refractivity contribution in [3.05, 3.63) is 29.0 Å². The number of hydrogen-bond donors (Lipinski definition) is 1. The predicted octanol–water partition coefficient (Wildman–Crippen LogP) is 2.26. The Bertz CT molecular complexity index is 499. The first-order chi connectivity index (χ1) is 8.04. The van der Waals surface area contributed by atoms with Gasteiger partial charge in [0.2, 0.25) is 0 Å². The molecule has 0 amide bonds. The van der Waals surface area contributed by atoms with Crippen molar-refractivity contribution in [2.24, 2.45) is 0 Å². The summed E-state index contributed by atoms with van der Waals surface area (Å²) < 4.78 is 5.46. The lowest BCUT2D eigenvalue weighted by atomic mass is 10.4. The lowest BCUT2D eigenvalue weighted by Gasteiger charge is -2.00. The molecule has 2 aromatic rings. The number of nitrogens with two attached hydrogens (primary N) is 1. The number of aryl methyl sites for hydroxylation is 3. The molecule has 2 heterocycles. The van der Waals surface area contributed by atoms with Crippen LogP contribution in [-0.4, -0.2) is 15.0 Å². The minimum Gasteiger partial charge on any atom is -0.437 e. The number of oxazole rings is 1. The Kier molecular flexibility index (Phi) is 3.33. The van der Waals surface area contributed by atoms with Gasteiger partial charge in [-0.3, -0.25) is 0 Å². The average Bonchev–Trinajstić information content (AvgIpc) is 2.54. The van der Waals surface area contributed by atoms with E-state index in [-0.39, 0.29) is 0 Å². The van der Waals surface area contributed by atoms with Crippen LogP contribution in [0.1, 0.15) is 23.0 Å². The molecule has 17 heavy (non-hydrogen) atoms. The average molecular weight is 250 g/mol. The fourth-order valence-electron chi connectivity index (χ4n) is 1.35. The monoisotopic (exact) mass is 250 g/mol. The van der Waals surface area contributed by atoms with Crippen LogP contribution in [0.15, 0.2) is 15.7 Å². The van der Waals surface area contributed by atoms with E-state index in [1.807, 2.05) is 20.8 Å². The number of thioether (sulfide) groups is 1. The first-order valence-electron chi connectivity index (χ1n) is 5.21. The van der Waals surface area contributed by atoms with E-state index in [1.54, 1.807) is 6.07 Å². The molecule has 0 aromatic carbocycles. The van der Waals surface area contributed by atoms with Crippen LogP contribution in [0.4, 0.5) is 5.82 Å². The van der Waals surface area contributed by atoms with Gasteiger partial charge in [0.1, 0.15) is 17.4 Å². The number of rotatable bonds is 3. The second kappa shape index (κ2) is 4.75. The Morgan fingerprint density at radius 1 is 1.24 bits per heavy atom. The molecule has 0 aliphatic carbocycles. The fourth-order valence-corrected chi connectivity index (χ4v) is 2.12. The van der Waals surface area contributed by atoms with E-state index in [1.165, 1.54) is 11.8 Å². The van der Waals surface area contributed by atoms with Crippen molar-refractivity contribution < 1.29 is 4.42 Å². The predicted molar refractivity (Wildman–Crippen MR) is 66.7 cm³/mol. The summed E-state index contributed by atoms with van der Waals surface area (Å²) in [4.78, 5) is 12.7. The minimum atomic E-state index is 0.493. The second-order valence-electron chi connectivity index (χ2n) is 3.76. The van der Waals surface area contributed by atoms with Gasteiger partial charge in [-0.2, -0.15) is 0 Å². The summed E-state index contributed by atoms with van der Waals surface area (Å²) in [5, 5.41) is 0.642. The van der Waals surface area contributed by atoms with Crippen LogP contribution in [0.25, 0.3) is 0 Å². The maximum atomic E-state index is 5.66. The zero-order valence-corrected chi connectivity index (χ0v) is 10.8. The van der Waals surface area contributed by atoms with Crippen LogP contribution in [0.5, 0.6) is 0 Å². The maximum absolute atomic E-state index is 5.66. The quantitative estimate of drug-likeness (QED) is 0.842. The lowest BCUT2D eigenvalue weighted by Crippen LogP contribution is -1.99. The molecule has 90 valence electrons. The Morgan fingerprint density at radius 2 is 2.00 bits per heavy atom. The van der Waals surface area contributed by atoms with Crippen LogP contribution in [-0.2, 0) is 5.75 Å². The van der Waals surface area contributed by atoms with Crippen molar-refractivity contribution in [3.8, 4) is 0 Å². The molecule has 2 aromatic heterocycles. The zero-order chi connectivity index (χ0) is 12.4. The fraction of sp³-hybridized carbons (Fsp3) is 0.364. The van der Waals surface area contributed by atoms with Crippen molar-refractivity contribution in [1.29, 1.82) is 0 Å². The van der Waals surface area contributed by atoms with Crippen LogP contribution < -0.4 is 5.73 Å². The van der Waals surface area contributed by atoms with Gasteiger partial charge >= 0.3 is 0 Å². The summed E-state index contributed by atoms with van der Waals surface area (Å²) in [6.45, 7) is 5.71. The molecular weight excluding hydrogens is 236 g/mol. The minimum absolute atomic E-state index is 0.493. The summed E-state index contributed by atoms with van der Waals surface area (Å²) in [5.74, 6) is 2.64. The van der Waals surface area contributed by atoms with Crippen molar-refractivity contribution >= 4 is 17.6 Å². The first kappa shape index (κ1) is 11.9. The molecule has 6 heteroatoms. The molecule has 0 aliphatic rings. The summed E-state index contributed by atoms with van der Waals surface area (Å²) in [6.07, 6.45) is 0. The van der Waals surface area contributed by atoms with Crippen molar-refractivity contribution in [3.63, 3.8) is 0 Å². The van der Waals surface area contributed by atoms with Crippen LogP contribution in [0, 0.1) is 20.8 Å². The summed E-state index contributed by atoms with van der Waals surface area (Å²) in [7, 11) is 0. The van der Waals surface area contributed by atoms with Gasteiger partial charge in [0.15, 0.2) is 0 Å². The van der Waals surface area contributed by atoms with E-state index in [0.29, 0.717) is 22.6 Å². The van der Waals surface area contributed by atoms with E-state index < -0.39 is 0 Å². The SMILES string of the molecule is Cc1cc(N)nc(CSc2nc(C)c(C)o2)n1. The van der Waals surface area contributed by atoms with E-state index in [9.17, 15) is 0 Å². The molecule has 2 N–H and O–H groups in total. The molecule has 5 nitrogen and oxygen atoms in total. The molecule has 0 aliphatic heterocycles. The standard InChI is InChI=1S/C11H14N4OS/c1-6-4-9(12)15-10(13-6)5-17-11-14-7(2)8(3)16-11/h4H,5H2,1-3H3,(H2,12,13,15). The number of nitrogens with zero attached hydrogens (tertiary/aromatic N) is 3. The molecular formula is C11H14N4OS. The number of nitrogen functional groups attached to an aromatic ring is 1. The van der Waals surface area contributed by atoms with Crippen molar-refractivity contribution in [2.45, 2.75) is 31.7 Å². The topological polar surface area (TPSA) is 77.8 Å². The van der Waals surface area contributed by atoms with Crippen molar-refractivity contribution in [1.82, 2.24) is 15.0 Å². The first-order valence-corrected chi connectivity index (χ1v) is 6.20. The Morgan fingerprint density at radius 3 is 2.59 bits per heavy atom. The van der Waals surface area contributed by atoms with E-state index >= 15 is 0 Å². The van der Waals surface area contributed by atoms with Crippen LogP contribution in [0.2, 0.25) is 0 Å². The Balaban J connectivity index is 2.07. The molecule has 2 rings (SSSR count).